The SMILES string of the molecule is O=C1CC[C@H](C(=O)Nc2cccc(O)c2)N1. The molecule has 1 fully saturated rings. The van der Waals surface area contributed by atoms with Gasteiger partial charge in [-0.2, -0.15) is 0 Å². The van der Waals surface area contributed by atoms with Crippen LogP contribution in [-0.2, 0) is 9.59 Å². The quantitative estimate of drug-likeness (QED) is 0.683. The first-order chi connectivity index (χ1) is 7.65. The van der Waals surface area contributed by atoms with Gasteiger partial charge in [-0.1, -0.05) is 6.07 Å². The molecule has 0 spiro atoms. The summed E-state index contributed by atoms with van der Waals surface area (Å²) in [6, 6.07) is 5.82. The Hall–Kier alpha value is -2.04. The van der Waals surface area contributed by atoms with E-state index in [0.717, 1.165) is 0 Å². The molecular weight excluding hydrogens is 208 g/mol. The zero-order valence-electron chi connectivity index (χ0n) is 8.56. The van der Waals surface area contributed by atoms with Gasteiger partial charge < -0.3 is 15.7 Å². The second kappa shape index (κ2) is 4.22. The zero-order valence-corrected chi connectivity index (χ0v) is 8.56. The number of rotatable bonds is 2. The molecule has 1 aliphatic heterocycles. The number of carbonyl (C=O) groups excluding carboxylic acids is 2. The molecule has 0 bridgehead atoms. The maximum atomic E-state index is 11.7. The van der Waals surface area contributed by atoms with Crippen LogP contribution in [0.5, 0.6) is 5.75 Å². The van der Waals surface area contributed by atoms with E-state index in [2.05, 4.69) is 10.6 Å². The lowest BCUT2D eigenvalue weighted by atomic mass is 10.2. The number of hydrogen-bond donors (Lipinski definition) is 3. The van der Waals surface area contributed by atoms with Gasteiger partial charge in [0.15, 0.2) is 0 Å². The predicted molar refractivity (Wildman–Crippen MR) is 57.9 cm³/mol. The molecule has 1 saturated heterocycles. The van der Waals surface area contributed by atoms with E-state index in [1.165, 1.54) is 12.1 Å². The maximum Gasteiger partial charge on any atom is 0.246 e. The highest BCUT2D eigenvalue weighted by Gasteiger charge is 2.26. The van der Waals surface area contributed by atoms with E-state index in [1.807, 2.05) is 0 Å². The molecule has 0 aliphatic carbocycles. The van der Waals surface area contributed by atoms with Gasteiger partial charge in [0.05, 0.1) is 0 Å². The Morgan fingerprint density at radius 2 is 2.31 bits per heavy atom. The number of phenols is 1. The predicted octanol–water partition coefficient (Wildman–Crippen LogP) is 0.609. The normalized spacial score (nSPS) is 19.2. The standard InChI is InChI=1S/C11H12N2O3/c14-8-3-1-2-7(6-8)12-11(16)9-4-5-10(15)13-9/h1-3,6,9,14H,4-5H2,(H,12,16)(H,13,15)/t9-/m1/s1. The van der Waals surface area contributed by atoms with E-state index in [0.29, 0.717) is 18.5 Å². The van der Waals surface area contributed by atoms with Gasteiger partial charge in [0.2, 0.25) is 11.8 Å². The Kier molecular flexibility index (Phi) is 2.76. The van der Waals surface area contributed by atoms with E-state index in [-0.39, 0.29) is 17.6 Å². The minimum Gasteiger partial charge on any atom is -0.508 e. The van der Waals surface area contributed by atoms with Crippen molar-refractivity contribution in [2.45, 2.75) is 18.9 Å². The maximum absolute atomic E-state index is 11.7. The minimum absolute atomic E-state index is 0.0910. The molecule has 0 radical (unpaired) electrons. The largest absolute Gasteiger partial charge is 0.508 e. The molecule has 16 heavy (non-hydrogen) atoms. The van der Waals surface area contributed by atoms with E-state index in [1.54, 1.807) is 12.1 Å². The number of anilines is 1. The third-order valence-corrected chi connectivity index (χ3v) is 2.43. The topological polar surface area (TPSA) is 78.4 Å². The Morgan fingerprint density at radius 1 is 1.50 bits per heavy atom. The lowest BCUT2D eigenvalue weighted by Crippen LogP contribution is -2.37. The highest BCUT2D eigenvalue weighted by Crippen LogP contribution is 2.16. The van der Waals surface area contributed by atoms with Crippen molar-refractivity contribution >= 4 is 17.5 Å². The molecule has 1 aliphatic rings. The highest BCUT2D eigenvalue weighted by atomic mass is 16.3. The molecule has 0 unspecified atom stereocenters. The van der Waals surface area contributed by atoms with E-state index in [9.17, 15) is 14.7 Å². The third-order valence-electron chi connectivity index (χ3n) is 2.43. The summed E-state index contributed by atoms with van der Waals surface area (Å²) in [5.74, 6) is -0.263. The number of hydrogen-bond acceptors (Lipinski definition) is 3. The summed E-state index contributed by atoms with van der Waals surface area (Å²) in [5, 5.41) is 14.4. The summed E-state index contributed by atoms with van der Waals surface area (Å²) in [6.45, 7) is 0. The molecule has 1 aromatic rings. The van der Waals surface area contributed by atoms with E-state index in [4.69, 9.17) is 0 Å². The number of phenolic OH excluding ortho intramolecular Hbond substituents is 1. The monoisotopic (exact) mass is 220 g/mol. The fourth-order valence-electron chi connectivity index (χ4n) is 1.62. The van der Waals surface area contributed by atoms with Crippen LogP contribution in [0, 0.1) is 0 Å². The van der Waals surface area contributed by atoms with Crippen LogP contribution in [0.25, 0.3) is 0 Å². The van der Waals surface area contributed by atoms with Crippen LogP contribution in [0.2, 0.25) is 0 Å². The number of aromatic hydroxyl groups is 1. The van der Waals surface area contributed by atoms with Crippen molar-refractivity contribution in [3.05, 3.63) is 24.3 Å². The highest BCUT2D eigenvalue weighted by molar-refractivity contribution is 5.99. The van der Waals surface area contributed by atoms with Crippen LogP contribution >= 0.6 is 0 Å². The average molecular weight is 220 g/mol. The number of benzene rings is 1. The second-order valence-corrected chi connectivity index (χ2v) is 3.70. The molecule has 2 amide bonds. The van der Waals surface area contributed by atoms with Gasteiger partial charge in [0.1, 0.15) is 11.8 Å². The van der Waals surface area contributed by atoms with Crippen LogP contribution in [0.1, 0.15) is 12.8 Å². The smallest absolute Gasteiger partial charge is 0.246 e. The van der Waals surface area contributed by atoms with Crippen LogP contribution in [-0.4, -0.2) is 23.0 Å². The fraction of sp³-hybridized carbons (Fsp3) is 0.273. The van der Waals surface area contributed by atoms with Crippen molar-refractivity contribution in [3.63, 3.8) is 0 Å². The fourth-order valence-corrected chi connectivity index (χ4v) is 1.62. The van der Waals surface area contributed by atoms with Gasteiger partial charge in [0.25, 0.3) is 0 Å². The van der Waals surface area contributed by atoms with E-state index < -0.39 is 6.04 Å². The molecule has 0 saturated carbocycles. The first kappa shape index (κ1) is 10.5. The van der Waals surface area contributed by atoms with Gasteiger partial charge in [-0.05, 0) is 18.6 Å². The number of amides is 2. The summed E-state index contributed by atoms with van der Waals surface area (Å²) in [7, 11) is 0. The van der Waals surface area contributed by atoms with Gasteiger partial charge >= 0.3 is 0 Å². The van der Waals surface area contributed by atoms with Crippen molar-refractivity contribution in [1.29, 1.82) is 0 Å². The summed E-state index contributed by atoms with van der Waals surface area (Å²) >= 11 is 0. The van der Waals surface area contributed by atoms with Crippen LogP contribution < -0.4 is 10.6 Å². The van der Waals surface area contributed by atoms with Crippen LogP contribution in [0.4, 0.5) is 5.69 Å². The van der Waals surface area contributed by atoms with Crippen molar-refractivity contribution in [1.82, 2.24) is 5.32 Å². The summed E-state index contributed by atoms with van der Waals surface area (Å²) in [6.07, 6.45) is 0.904. The third kappa shape index (κ3) is 2.31. The van der Waals surface area contributed by atoms with Crippen LogP contribution in [0.15, 0.2) is 24.3 Å². The summed E-state index contributed by atoms with van der Waals surface area (Å²) < 4.78 is 0. The van der Waals surface area contributed by atoms with E-state index >= 15 is 0 Å². The Bertz CT molecular complexity index is 431. The summed E-state index contributed by atoms with van der Waals surface area (Å²) in [5.41, 5.74) is 0.520. The van der Waals surface area contributed by atoms with Gasteiger partial charge in [-0.15, -0.1) is 0 Å². The molecular formula is C11H12N2O3. The molecule has 3 N–H and O–H groups in total. The molecule has 0 aromatic heterocycles. The molecule has 1 heterocycles. The van der Waals surface area contributed by atoms with Crippen LogP contribution in [0.3, 0.4) is 0 Å². The summed E-state index contributed by atoms with van der Waals surface area (Å²) in [4.78, 5) is 22.6. The Morgan fingerprint density at radius 3 is 2.94 bits per heavy atom. The van der Waals surface area contributed by atoms with Crippen molar-refractivity contribution in [2.75, 3.05) is 5.32 Å². The minimum atomic E-state index is -0.463. The molecule has 1 atom stereocenters. The lowest BCUT2D eigenvalue weighted by molar-refractivity contribution is -0.122. The average Bonchev–Trinajstić information content (AvgIpc) is 2.65. The molecule has 84 valence electrons. The number of nitrogens with one attached hydrogen (secondary N) is 2. The first-order valence-corrected chi connectivity index (χ1v) is 5.04. The lowest BCUT2D eigenvalue weighted by Gasteiger charge is -2.10. The first-order valence-electron chi connectivity index (χ1n) is 5.04. The van der Waals surface area contributed by atoms with Crippen molar-refractivity contribution in [3.8, 4) is 5.75 Å². The molecule has 5 nitrogen and oxygen atoms in total. The molecule has 2 rings (SSSR count). The van der Waals surface area contributed by atoms with Crippen molar-refractivity contribution in [2.24, 2.45) is 0 Å². The van der Waals surface area contributed by atoms with Gasteiger partial charge in [-0.25, -0.2) is 0 Å². The molecule has 1 aromatic carbocycles. The Balaban J connectivity index is 1.99. The van der Waals surface area contributed by atoms with Gasteiger partial charge in [-0.3, -0.25) is 9.59 Å². The van der Waals surface area contributed by atoms with Crippen molar-refractivity contribution < 1.29 is 14.7 Å². The van der Waals surface area contributed by atoms with Gasteiger partial charge in [0, 0.05) is 18.2 Å². The Labute approximate surface area is 92.5 Å². The zero-order chi connectivity index (χ0) is 11.5. The number of carbonyl (C=O) groups is 2. The molecule has 5 heteroatoms. The second-order valence-electron chi connectivity index (χ2n) is 3.70.